The molecule has 0 bridgehead atoms. The summed E-state index contributed by atoms with van der Waals surface area (Å²) >= 11 is 0. The molecule has 1 aromatic carbocycles. The highest BCUT2D eigenvalue weighted by atomic mass is 16.5. The summed E-state index contributed by atoms with van der Waals surface area (Å²) in [5, 5.41) is 6.38. The molecule has 2 N–H and O–H groups in total. The van der Waals surface area contributed by atoms with Crippen molar-refractivity contribution in [2.75, 3.05) is 18.5 Å². The van der Waals surface area contributed by atoms with Crippen LogP contribution >= 0.6 is 0 Å². The quantitative estimate of drug-likeness (QED) is 0.539. The second-order valence-electron chi connectivity index (χ2n) is 7.72. The number of fused-ring (bicyclic) bond motifs is 1. The lowest BCUT2D eigenvalue weighted by Gasteiger charge is -2.38. The highest BCUT2D eigenvalue weighted by Gasteiger charge is 2.38. The van der Waals surface area contributed by atoms with Crippen LogP contribution in [0.15, 0.2) is 52.1 Å². The Kier molecular flexibility index (Phi) is 4.07. The second-order valence-corrected chi connectivity index (χ2v) is 7.72. The zero-order valence-corrected chi connectivity index (χ0v) is 16.4. The number of nitrogens with zero attached hydrogens (tertiary/aromatic N) is 3. The fraction of sp³-hybridized carbons (Fsp3) is 0.238. The first-order chi connectivity index (χ1) is 14.4. The minimum absolute atomic E-state index is 0.210. The van der Waals surface area contributed by atoms with Gasteiger partial charge < -0.3 is 19.6 Å². The van der Waals surface area contributed by atoms with Crippen molar-refractivity contribution in [3.05, 3.63) is 64.4 Å². The van der Waals surface area contributed by atoms with Gasteiger partial charge in [-0.3, -0.25) is 9.36 Å². The summed E-state index contributed by atoms with van der Waals surface area (Å²) in [6.45, 7) is 4.89. The summed E-state index contributed by atoms with van der Waals surface area (Å²) in [4.78, 5) is 32.5. The summed E-state index contributed by atoms with van der Waals surface area (Å²) in [7, 11) is 0. The maximum Gasteiger partial charge on any atom is 0.328 e. The molecule has 3 aromatic heterocycles. The lowest BCUT2D eigenvalue weighted by atomic mass is 9.98. The number of aryl methyl sites for hydroxylation is 1. The monoisotopic (exact) mass is 405 g/mol. The number of H-pyrrole nitrogens is 1. The molecule has 5 rings (SSSR count). The molecule has 0 aliphatic carbocycles. The van der Waals surface area contributed by atoms with Gasteiger partial charge in [-0.25, -0.2) is 9.78 Å². The number of rotatable bonds is 4. The highest BCUT2D eigenvalue weighted by molar-refractivity contribution is 6.04. The molecule has 1 fully saturated rings. The van der Waals surface area contributed by atoms with Gasteiger partial charge in [-0.1, -0.05) is 11.2 Å². The van der Waals surface area contributed by atoms with Crippen LogP contribution in [0.4, 0.5) is 5.82 Å². The van der Waals surface area contributed by atoms with E-state index in [9.17, 15) is 9.59 Å². The third-order valence-corrected chi connectivity index (χ3v) is 5.38. The van der Waals surface area contributed by atoms with Crippen molar-refractivity contribution in [2.45, 2.75) is 19.4 Å². The molecule has 30 heavy (non-hydrogen) atoms. The van der Waals surface area contributed by atoms with Crippen LogP contribution in [0.2, 0.25) is 0 Å². The molecule has 1 aliphatic heterocycles. The van der Waals surface area contributed by atoms with E-state index in [0.717, 1.165) is 16.7 Å². The van der Waals surface area contributed by atoms with Crippen LogP contribution in [0.5, 0.6) is 0 Å². The van der Waals surface area contributed by atoms with E-state index in [-0.39, 0.29) is 17.1 Å². The summed E-state index contributed by atoms with van der Waals surface area (Å²) < 4.78 is 11.7. The first-order valence-corrected chi connectivity index (χ1v) is 9.46. The molecule has 152 valence electrons. The molecular formula is C21H19N5O4. The van der Waals surface area contributed by atoms with Gasteiger partial charge in [-0.15, -0.1) is 0 Å². The molecule has 0 atom stereocenters. The number of carbonyl (C=O) groups is 1. The van der Waals surface area contributed by atoms with E-state index in [2.05, 4.69) is 20.4 Å². The number of hydrogen-bond acceptors (Lipinski definition) is 6. The number of aromatic nitrogens is 4. The molecular weight excluding hydrogens is 386 g/mol. The zero-order chi connectivity index (χ0) is 20.9. The van der Waals surface area contributed by atoms with E-state index >= 15 is 0 Å². The van der Waals surface area contributed by atoms with Crippen LogP contribution in [0, 0.1) is 6.92 Å². The molecule has 0 unspecified atom stereocenters. The topological polar surface area (TPSA) is 115 Å². The van der Waals surface area contributed by atoms with Crippen molar-refractivity contribution in [2.24, 2.45) is 0 Å². The van der Waals surface area contributed by atoms with Gasteiger partial charge in [0.05, 0.1) is 24.3 Å². The largest absolute Gasteiger partial charge is 0.376 e. The maximum absolute atomic E-state index is 12.5. The molecule has 1 saturated heterocycles. The van der Waals surface area contributed by atoms with E-state index in [1.165, 1.54) is 6.26 Å². The van der Waals surface area contributed by atoms with E-state index in [0.29, 0.717) is 35.8 Å². The van der Waals surface area contributed by atoms with Gasteiger partial charge in [0.25, 0.3) is 5.91 Å². The first kappa shape index (κ1) is 18.3. The van der Waals surface area contributed by atoms with E-state index in [4.69, 9.17) is 9.26 Å². The van der Waals surface area contributed by atoms with Crippen molar-refractivity contribution in [3.8, 4) is 11.1 Å². The normalized spacial score (nSPS) is 15.1. The highest BCUT2D eigenvalue weighted by Crippen LogP contribution is 2.30. The lowest BCUT2D eigenvalue weighted by Crippen LogP contribution is -2.52. The summed E-state index contributed by atoms with van der Waals surface area (Å²) in [5.41, 5.74) is 3.74. The Labute approximate surface area is 170 Å². The van der Waals surface area contributed by atoms with Crippen molar-refractivity contribution in [1.82, 2.24) is 19.7 Å². The maximum atomic E-state index is 12.5. The first-order valence-electron chi connectivity index (χ1n) is 9.46. The van der Waals surface area contributed by atoms with Crippen LogP contribution in [0.3, 0.4) is 0 Å². The Hall–Kier alpha value is -3.72. The molecule has 9 heteroatoms. The Bertz CT molecular complexity index is 1320. The second kappa shape index (κ2) is 6.67. The van der Waals surface area contributed by atoms with Gasteiger partial charge >= 0.3 is 5.69 Å². The van der Waals surface area contributed by atoms with Gasteiger partial charge in [0.15, 0.2) is 11.5 Å². The predicted molar refractivity (Wildman–Crippen MR) is 109 cm³/mol. The Morgan fingerprint density at radius 1 is 1.27 bits per heavy atom. The summed E-state index contributed by atoms with van der Waals surface area (Å²) in [6.07, 6.45) is 3.11. The fourth-order valence-electron chi connectivity index (χ4n) is 3.71. The van der Waals surface area contributed by atoms with Crippen molar-refractivity contribution in [3.63, 3.8) is 0 Å². The number of imidazole rings is 1. The predicted octanol–water partition coefficient (Wildman–Crippen LogP) is 2.69. The molecule has 1 aliphatic rings. The minimum atomic E-state index is -0.390. The van der Waals surface area contributed by atoms with Crippen molar-refractivity contribution in [1.29, 1.82) is 0 Å². The molecule has 0 saturated carbocycles. The van der Waals surface area contributed by atoms with Gasteiger partial charge in [-0.05, 0) is 43.2 Å². The number of aromatic amines is 1. The van der Waals surface area contributed by atoms with Crippen LogP contribution < -0.4 is 11.0 Å². The fourth-order valence-corrected chi connectivity index (χ4v) is 3.71. The molecule has 4 heterocycles. The van der Waals surface area contributed by atoms with Crippen molar-refractivity contribution < 1.29 is 14.1 Å². The average Bonchev–Trinajstić information content (AvgIpc) is 3.32. The third-order valence-electron chi connectivity index (χ3n) is 5.38. The third kappa shape index (κ3) is 2.91. The molecule has 0 radical (unpaired) electrons. The standard InChI is InChI=1S/C21H19N5O4/c1-12-3-4-13(19(27)24-17-5-6-30-25-17)7-15(12)14-8-16-18(22-9-14)26(20(28)23-16)21(2)10-29-11-21/h3-9H,10-11H2,1-2H3,(H,23,28)(H,24,25,27). The number of carbonyl (C=O) groups excluding carboxylic acids is 1. The van der Waals surface area contributed by atoms with Crippen molar-refractivity contribution >= 4 is 22.9 Å². The van der Waals surface area contributed by atoms with Gasteiger partial charge in [-0.2, -0.15) is 0 Å². The smallest absolute Gasteiger partial charge is 0.328 e. The number of anilines is 1. The number of hydrogen-bond donors (Lipinski definition) is 2. The summed E-state index contributed by atoms with van der Waals surface area (Å²) in [6, 6.07) is 8.86. The zero-order valence-electron chi connectivity index (χ0n) is 16.4. The van der Waals surface area contributed by atoms with Crippen LogP contribution in [0.25, 0.3) is 22.3 Å². The van der Waals surface area contributed by atoms with Gasteiger partial charge in [0.1, 0.15) is 6.26 Å². The Balaban J connectivity index is 1.53. The van der Waals surface area contributed by atoms with E-state index in [1.54, 1.807) is 29.0 Å². The van der Waals surface area contributed by atoms with E-state index in [1.807, 2.05) is 26.0 Å². The molecule has 0 spiro atoms. The number of amides is 1. The van der Waals surface area contributed by atoms with Crippen LogP contribution in [0.1, 0.15) is 22.8 Å². The van der Waals surface area contributed by atoms with E-state index < -0.39 is 0 Å². The number of benzene rings is 1. The average molecular weight is 405 g/mol. The Morgan fingerprint density at radius 3 is 2.80 bits per heavy atom. The lowest BCUT2D eigenvalue weighted by molar-refractivity contribution is -0.0893. The molecule has 9 nitrogen and oxygen atoms in total. The molecule has 4 aromatic rings. The van der Waals surface area contributed by atoms with Crippen LogP contribution in [-0.4, -0.2) is 38.8 Å². The Morgan fingerprint density at radius 2 is 2.10 bits per heavy atom. The number of pyridine rings is 1. The van der Waals surface area contributed by atoms with Gasteiger partial charge in [0, 0.05) is 23.4 Å². The minimum Gasteiger partial charge on any atom is -0.376 e. The number of ether oxygens (including phenoxy) is 1. The van der Waals surface area contributed by atoms with Gasteiger partial charge in [0.2, 0.25) is 0 Å². The summed E-state index contributed by atoms with van der Waals surface area (Å²) in [5.74, 6) is 0.0502. The van der Waals surface area contributed by atoms with Crippen LogP contribution in [-0.2, 0) is 10.3 Å². The molecule has 1 amide bonds. The SMILES string of the molecule is Cc1ccc(C(=O)Nc2ccon2)cc1-c1cnc2c(c1)[nH]c(=O)n2C1(C)COC1. The number of nitrogens with one attached hydrogen (secondary N) is 2.